The summed E-state index contributed by atoms with van der Waals surface area (Å²) in [5, 5.41) is 10.4. The highest BCUT2D eigenvalue weighted by Gasteiger charge is 2.10. The Morgan fingerprint density at radius 3 is 2.79 bits per heavy atom. The summed E-state index contributed by atoms with van der Waals surface area (Å²) in [6, 6.07) is 7.61. The highest BCUT2D eigenvalue weighted by Crippen LogP contribution is 2.17. The van der Waals surface area contributed by atoms with E-state index in [0.717, 1.165) is 10.6 Å². The van der Waals surface area contributed by atoms with E-state index in [9.17, 15) is 4.79 Å². The van der Waals surface area contributed by atoms with E-state index in [0.29, 0.717) is 13.1 Å². The van der Waals surface area contributed by atoms with Gasteiger partial charge >= 0.3 is 0 Å². The summed E-state index contributed by atoms with van der Waals surface area (Å²) >= 11 is 1.65. The average Bonchev–Trinajstić information content (AvgIpc) is 2.89. The maximum atomic E-state index is 11.9. The minimum Gasteiger partial charge on any atom is -0.329 e. The van der Waals surface area contributed by atoms with Gasteiger partial charge in [0.1, 0.15) is 0 Å². The zero-order valence-corrected chi connectivity index (χ0v) is 11.4. The van der Waals surface area contributed by atoms with Crippen molar-refractivity contribution in [2.75, 3.05) is 18.1 Å². The van der Waals surface area contributed by atoms with Crippen LogP contribution in [0.1, 0.15) is 10.5 Å². The number of nitrogens with zero attached hydrogens (tertiary/aromatic N) is 3. The minimum atomic E-state index is -0.278. The number of nitrogens with two attached hydrogens (primary N) is 1. The Hall–Kier alpha value is -1.86. The molecule has 0 aliphatic heterocycles. The Kier molecular flexibility index (Phi) is 4.53. The Morgan fingerprint density at radius 2 is 2.16 bits per heavy atom. The van der Waals surface area contributed by atoms with E-state index in [2.05, 4.69) is 15.6 Å². The van der Waals surface area contributed by atoms with Gasteiger partial charge in [0, 0.05) is 17.1 Å². The van der Waals surface area contributed by atoms with Gasteiger partial charge in [-0.3, -0.25) is 9.48 Å². The molecule has 0 spiro atoms. The van der Waals surface area contributed by atoms with Gasteiger partial charge in [0.05, 0.1) is 12.7 Å². The summed E-state index contributed by atoms with van der Waals surface area (Å²) in [5.41, 5.74) is 6.42. The van der Waals surface area contributed by atoms with E-state index in [1.54, 1.807) is 22.6 Å². The van der Waals surface area contributed by atoms with E-state index in [1.165, 1.54) is 0 Å². The molecule has 2 aromatic rings. The number of carbonyl (C=O) groups is 1. The maximum absolute atomic E-state index is 11.9. The number of nitrogens with one attached hydrogen (secondary N) is 1. The summed E-state index contributed by atoms with van der Waals surface area (Å²) in [7, 11) is 0. The third kappa shape index (κ3) is 3.55. The summed E-state index contributed by atoms with van der Waals surface area (Å²) in [4.78, 5) is 13.1. The van der Waals surface area contributed by atoms with Gasteiger partial charge in [-0.15, -0.1) is 16.9 Å². The molecule has 0 fully saturated rings. The lowest BCUT2D eigenvalue weighted by molar-refractivity contribution is 0.102. The quantitative estimate of drug-likeness (QED) is 0.802. The van der Waals surface area contributed by atoms with Crippen LogP contribution < -0.4 is 11.1 Å². The van der Waals surface area contributed by atoms with Crippen molar-refractivity contribution in [1.82, 2.24) is 15.0 Å². The number of rotatable bonds is 5. The first-order chi connectivity index (χ1) is 9.22. The molecule has 0 saturated heterocycles. The summed E-state index contributed by atoms with van der Waals surface area (Å²) in [5.74, 6) is -0.278. The molecule has 0 aliphatic carbocycles. The van der Waals surface area contributed by atoms with Crippen molar-refractivity contribution in [2.45, 2.75) is 11.4 Å². The summed E-state index contributed by atoms with van der Waals surface area (Å²) < 4.78 is 1.55. The number of benzene rings is 1. The summed E-state index contributed by atoms with van der Waals surface area (Å²) in [6.07, 6.45) is 3.59. The van der Waals surface area contributed by atoms with Crippen LogP contribution in [0.25, 0.3) is 0 Å². The molecule has 100 valence electrons. The number of carbonyl (C=O) groups excluding carboxylic acids is 1. The van der Waals surface area contributed by atoms with Crippen molar-refractivity contribution < 1.29 is 4.79 Å². The first-order valence-electron chi connectivity index (χ1n) is 5.78. The molecular weight excluding hydrogens is 262 g/mol. The monoisotopic (exact) mass is 277 g/mol. The van der Waals surface area contributed by atoms with Crippen LogP contribution in [-0.4, -0.2) is 33.7 Å². The van der Waals surface area contributed by atoms with Gasteiger partial charge in [0.25, 0.3) is 5.91 Å². The maximum Gasteiger partial charge on any atom is 0.277 e. The van der Waals surface area contributed by atoms with Crippen LogP contribution in [0, 0.1) is 0 Å². The van der Waals surface area contributed by atoms with E-state index in [-0.39, 0.29) is 11.6 Å². The van der Waals surface area contributed by atoms with Crippen molar-refractivity contribution in [3.8, 4) is 0 Å². The molecule has 1 aromatic heterocycles. The fourth-order valence-corrected chi connectivity index (χ4v) is 1.92. The van der Waals surface area contributed by atoms with E-state index >= 15 is 0 Å². The van der Waals surface area contributed by atoms with E-state index in [1.807, 2.05) is 30.5 Å². The normalized spacial score (nSPS) is 10.4. The first-order valence-corrected chi connectivity index (χ1v) is 7.01. The molecule has 2 rings (SSSR count). The molecule has 6 nitrogen and oxygen atoms in total. The van der Waals surface area contributed by atoms with Crippen LogP contribution in [0.3, 0.4) is 0 Å². The largest absolute Gasteiger partial charge is 0.329 e. The second-order valence-electron chi connectivity index (χ2n) is 3.84. The molecule has 19 heavy (non-hydrogen) atoms. The number of amides is 1. The zero-order valence-electron chi connectivity index (χ0n) is 10.5. The molecule has 0 unspecified atom stereocenters. The fourth-order valence-electron chi connectivity index (χ4n) is 1.51. The zero-order chi connectivity index (χ0) is 13.7. The van der Waals surface area contributed by atoms with Crippen LogP contribution in [-0.2, 0) is 6.54 Å². The summed E-state index contributed by atoms with van der Waals surface area (Å²) in [6.45, 7) is 1.00. The average molecular weight is 277 g/mol. The lowest BCUT2D eigenvalue weighted by atomic mass is 10.3. The van der Waals surface area contributed by atoms with Gasteiger partial charge in [0.15, 0.2) is 5.69 Å². The lowest BCUT2D eigenvalue weighted by Gasteiger charge is -2.03. The number of anilines is 1. The van der Waals surface area contributed by atoms with Crippen LogP contribution in [0.4, 0.5) is 5.69 Å². The molecule has 1 aromatic carbocycles. The Bertz CT molecular complexity index is 552. The Balaban J connectivity index is 2.02. The Morgan fingerprint density at radius 1 is 1.42 bits per heavy atom. The predicted molar refractivity (Wildman–Crippen MR) is 75.3 cm³/mol. The standard InChI is InChI=1S/C12H15N5OS/c1-19-10-4-2-9(3-5-10)14-12(18)11-8-17(7-6-13)16-15-11/h2-5,8H,6-7,13H2,1H3,(H,14,18). The molecule has 0 aliphatic rings. The molecule has 0 radical (unpaired) electrons. The van der Waals surface area contributed by atoms with E-state index in [4.69, 9.17) is 5.73 Å². The number of aromatic nitrogens is 3. The van der Waals surface area contributed by atoms with Crippen molar-refractivity contribution in [3.05, 3.63) is 36.2 Å². The van der Waals surface area contributed by atoms with Gasteiger partial charge < -0.3 is 11.1 Å². The highest BCUT2D eigenvalue weighted by molar-refractivity contribution is 7.98. The lowest BCUT2D eigenvalue weighted by Crippen LogP contribution is -2.12. The van der Waals surface area contributed by atoms with Gasteiger partial charge in [0.2, 0.25) is 0 Å². The highest BCUT2D eigenvalue weighted by atomic mass is 32.2. The predicted octanol–water partition coefficient (Wildman–Crippen LogP) is 1.21. The number of hydrogen-bond acceptors (Lipinski definition) is 5. The molecule has 7 heteroatoms. The smallest absolute Gasteiger partial charge is 0.277 e. The number of hydrogen-bond donors (Lipinski definition) is 2. The molecule has 0 bridgehead atoms. The molecule has 1 amide bonds. The fraction of sp³-hybridized carbons (Fsp3) is 0.250. The molecule has 0 saturated carbocycles. The van der Waals surface area contributed by atoms with Crippen LogP contribution in [0.15, 0.2) is 35.4 Å². The first kappa shape index (κ1) is 13.6. The van der Waals surface area contributed by atoms with Crippen LogP contribution >= 0.6 is 11.8 Å². The SMILES string of the molecule is CSc1ccc(NC(=O)c2cn(CCN)nn2)cc1. The van der Waals surface area contributed by atoms with Gasteiger partial charge in [-0.25, -0.2) is 0 Å². The van der Waals surface area contributed by atoms with Crippen LogP contribution in [0.5, 0.6) is 0 Å². The van der Waals surface area contributed by atoms with Gasteiger partial charge in [-0.05, 0) is 30.5 Å². The van der Waals surface area contributed by atoms with Crippen molar-refractivity contribution in [2.24, 2.45) is 5.73 Å². The topological polar surface area (TPSA) is 85.8 Å². The van der Waals surface area contributed by atoms with Gasteiger partial charge in [-0.2, -0.15) is 0 Å². The Labute approximate surface area is 115 Å². The third-order valence-corrected chi connectivity index (χ3v) is 3.22. The van der Waals surface area contributed by atoms with Crippen molar-refractivity contribution in [3.63, 3.8) is 0 Å². The van der Waals surface area contributed by atoms with Crippen molar-refractivity contribution >= 4 is 23.4 Å². The third-order valence-electron chi connectivity index (χ3n) is 2.48. The van der Waals surface area contributed by atoms with Crippen LogP contribution in [0.2, 0.25) is 0 Å². The second-order valence-corrected chi connectivity index (χ2v) is 4.72. The molecule has 0 atom stereocenters. The van der Waals surface area contributed by atoms with Crippen molar-refractivity contribution in [1.29, 1.82) is 0 Å². The minimum absolute atomic E-state index is 0.278. The number of thioether (sulfide) groups is 1. The molecular formula is C12H15N5OS. The second kappa shape index (κ2) is 6.35. The molecule has 3 N–H and O–H groups in total. The van der Waals surface area contributed by atoms with E-state index < -0.39 is 0 Å². The molecule has 1 heterocycles. The van der Waals surface area contributed by atoms with Gasteiger partial charge in [-0.1, -0.05) is 5.21 Å².